The zero-order valence-electron chi connectivity index (χ0n) is 18.7. The molecule has 4 heterocycles. The van der Waals surface area contributed by atoms with Crippen molar-refractivity contribution < 1.29 is 13.5 Å². The first-order valence-electron chi connectivity index (χ1n) is 11.4. The van der Waals surface area contributed by atoms with Crippen LogP contribution >= 0.6 is 11.6 Å². The lowest BCUT2D eigenvalue weighted by Crippen LogP contribution is -2.38. The summed E-state index contributed by atoms with van der Waals surface area (Å²) >= 11 is 6.52. The molecule has 0 amide bonds. The third kappa shape index (κ3) is 4.09. The Morgan fingerprint density at radius 2 is 2.09 bits per heavy atom. The molecule has 8 nitrogen and oxygen atoms in total. The van der Waals surface area contributed by atoms with E-state index in [9.17, 15) is 13.6 Å². The van der Waals surface area contributed by atoms with E-state index in [-0.39, 0.29) is 28.7 Å². The highest BCUT2D eigenvalue weighted by Gasteiger charge is 2.32. The number of aromatic nitrogens is 5. The number of hydrogen-bond acceptors (Lipinski definition) is 6. The lowest BCUT2D eigenvalue weighted by molar-refractivity contribution is -0.0424. The van der Waals surface area contributed by atoms with Crippen LogP contribution in [0.4, 0.5) is 14.5 Å². The molecule has 1 unspecified atom stereocenters. The van der Waals surface area contributed by atoms with E-state index in [1.54, 1.807) is 29.1 Å². The van der Waals surface area contributed by atoms with Gasteiger partial charge in [0, 0.05) is 25.1 Å². The molecule has 0 spiro atoms. The molecule has 0 N–H and O–H groups in total. The number of halogens is 3. The average molecular weight is 491 g/mol. The summed E-state index contributed by atoms with van der Waals surface area (Å²) in [6.07, 6.45) is 1.90. The molecule has 2 aliphatic heterocycles. The number of alkyl halides is 2. The SMILES string of the molecule is C[C@@H]1c2nnn(Cc3ccccc3C(F)F)c2CCN1c1cnn(C2CCCCO2)c(=O)c1Cl. The summed E-state index contributed by atoms with van der Waals surface area (Å²) in [4.78, 5) is 14.9. The maximum Gasteiger partial charge on any atom is 0.290 e. The largest absolute Gasteiger partial charge is 0.360 e. The van der Waals surface area contributed by atoms with Gasteiger partial charge in [0.25, 0.3) is 12.0 Å². The zero-order valence-corrected chi connectivity index (χ0v) is 19.5. The Bertz CT molecular complexity index is 1240. The van der Waals surface area contributed by atoms with E-state index in [0.29, 0.717) is 30.8 Å². The number of rotatable bonds is 5. The fraction of sp³-hybridized carbons (Fsp3) is 0.478. The van der Waals surface area contributed by atoms with E-state index in [1.165, 1.54) is 10.7 Å². The summed E-state index contributed by atoms with van der Waals surface area (Å²) < 4.78 is 35.5. The fourth-order valence-corrected chi connectivity index (χ4v) is 5.01. The number of nitrogens with zero attached hydrogens (tertiary/aromatic N) is 6. The van der Waals surface area contributed by atoms with Gasteiger partial charge < -0.3 is 9.64 Å². The molecular weight excluding hydrogens is 466 g/mol. The van der Waals surface area contributed by atoms with Crippen LogP contribution in [0.3, 0.4) is 0 Å². The van der Waals surface area contributed by atoms with Gasteiger partial charge in [-0.3, -0.25) is 4.79 Å². The Labute approximate surface area is 200 Å². The Morgan fingerprint density at radius 1 is 1.26 bits per heavy atom. The molecule has 0 aliphatic carbocycles. The van der Waals surface area contributed by atoms with Crippen LogP contribution in [0.25, 0.3) is 0 Å². The van der Waals surface area contributed by atoms with E-state index in [4.69, 9.17) is 16.3 Å². The first-order chi connectivity index (χ1) is 16.5. The van der Waals surface area contributed by atoms with E-state index >= 15 is 0 Å². The van der Waals surface area contributed by atoms with Gasteiger partial charge in [0.1, 0.15) is 10.7 Å². The van der Waals surface area contributed by atoms with Crippen molar-refractivity contribution in [1.82, 2.24) is 24.8 Å². The molecule has 5 rings (SSSR count). The molecule has 2 aliphatic rings. The summed E-state index contributed by atoms with van der Waals surface area (Å²) in [5.74, 6) is 0. The monoisotopic (exact) mass is 490 g/mol. The predicted molar refractivity (Wildman–Crippen MR) is 122 cm³/mol. The molecule has 34 heavy (non-hydrogen) atoms. The highest BCUT2D eigenvalue weighted by molar-refractivity contribution is 6.33. The highest BCUT2D eigenvalue weighted by Crippen LogP contribution is 2.35. The summed E-state index contributed by atoms with van der Waals surface area (Å²) in [7, 11) is 0. The number of anilines is 1. The molecule has 0 bridgehead atoms. The van der Waals surface area contributed by atoms with Crippen LogP contribution in [0.5, 0.6) is 0 Å². The molecular formula is C23H25ClF2N6O2. The summed E-state index contributed by atoms with van der Waals surface area (Å²) in [5.41, 5.74) is 2.29. The first kappa shape index (κ1) is 22.9. The zero-order chi connectivity index (χ0) is 23.8. The van der Waals surface area contributed by atoms with Crippen LogP contribution in [-0.4, -0.2) is 37.9 Å². The molecule has 11 heteroatoms. The van der Waals surface area contributed by atoms with Gasteiger partial charge in [0.15, 0.2) is 6.23 Å². The smallest absolute Gasteiger partial charge is 0.290 e. The Kier molecular flexibility index (Phi) is 6.35. The topological polar surface area (TPSA) is 78.1 Å². The Morgan fingerprint density at radius 3 is 2.85 bits per heavy atom. The normalized spacial score (nSPS) is 20.6. The maximum atomic E-state index is 13.4. The minimum Gasteiger partial charge on any atom is -0.360 e. The van der Waals surface area contributed by atoms with E-state index in [1.807, 2.05) is 11.8 Å². The van der Waals surface area contributed by atoms with Gasteiger partial charge in [-0.05, 0) is 31.7 Å². The summed E-state index contributed by atoms with van der Waals surface area (Å²) in [6.45, 7) is 3.33. The third-order valence-electron chi connectivity index (χ3n) is 6.59. The molecule has 1 saturated heterocycles. The van der Waals surface area contributed by atoms with Crippen LogP contribution in [0.1, 0.15) is 67.4 Å². The van der Waals surface area contributed by atoms with Crippen LogP contribution in [0.15, 0.2) is 35.3 Å². The lowest BCUT2D eigenvalue weighted by atomic mass is 10.0. The van der Waals surface area contributed by atoms with Crippen molar-refractivity contribution in [1.29, 1.82) is 0 Å². The van der Waals surface area contributed by atoms with Gasteiger partial charge in [-0.2, -0.15) is 9.78 Å². The van der Waals surface area contributed by atoms with Crippen LogP contribution < -0.4 is 10.5 Å². The van der Waals surface area contributed by atoms with E-state index in [0.717, 1.165) is 30.7 Å². The fourth-order valence-electron chi connectivity index (χ4n) is 4.76. The minimum absolute atomic E-state index is 0.00222. The molecule has 2 aromatic heterocycles. The lowest BCUT2D eigenvalue weighted by Gasteiger charge is -2.35. The second kappa shape index (κ2) is 9.42. The molecule has 3 aromatic rings. The van der Waals surface area contributed by atoms with Gasteiger partial charge >= 0.3 is 0 Å². The van der Waals surface area contributed by atoms with E-state index < -0.39 is 12.7 Å². The molecule has 1 fully saturated rings. The van der Waals surface area contributed by atoms with Crippen molar-refractivity contribution in [2.45, 2.75) is 57.8 Å². The van der Waals surface area contributed by atoms with Gasteiger partial charge in [-0.25, -0.2) is 13.5 Å². The van der Waals surface area contributed by atoms with Gasteiger partial charge in [-0.15, -0.1) is 5.10 Å². The molecule has 0 radical (unpaired) electrons. The van der Waals surface area contributed by atoms with Crippen molar-refractivity contribution in [2.75, 3.05) is 18.1 Å². The Balaban J connectivity index is 1.40. The maximum absolute atomic E-state index is 13.4. The minimum atomic E-state index is -2.55. The molecule has 2 atom stereocenters. The quantitative estimate of drug-likeness (QED) is 0.530. The number of hydrogen-bond donors (Lipinski definition) is 0. The highest BCUT2D eigenvalue weighted by atomic mass is 35.5. The van der Waals surface area contributed by atoms with Crippen molar-refractivity contribution in [3.8, 4) is 0 Å². The standard InChI is InChI=1S/C23H25ClF2N6O2/c1-14-21-17(31(29-28-21)13-15-6-2-3-7-16(15)22(25)26)9-10-30(14)18-12-27-32(23(33)20(18)24)19-8-4-5-11-34-19/h2-3,6-7,12,14,19,22H,4-5,8-11,13H2,1H3/t14-,19?/m1/s1. The van der Waals surface area contributed by atoms with Gasteiger partial charge in [-0.1, -0.05) is 41.1 Å². The van der Waals surface area contributed by atoms with Crippen molar-refractivity contribution >= 4 is 17.3 Å². The number of ether oxygens (including phenoxy) is 1. The summed E-state index contributed by atoms with van der Waals surface area (Å²) in [5, 5.41) is 13.0. The van der Waals surface area contributed by atoms with Gasteiger partial charge in [0.05, 0.1) is 30.2 Å². The summed E-state index contributed by atoms with van der Waals surface area (Å²) in [6, 6.07) is 6.25. The number of benzene rings is 1. The number of fused-ring (bicyclic) bond motifs is 1. The first-order valence-corrected chi connectivity index (χ1v) is 11.8. The average Bonchev–Trinajstić information content (AvgIpc) is 3.26. The van der Waals surface area contributed by atoms with E-state index in [2.05, 4.69) is 15.4 Å². The van der Waals surface area contributed by atoms with Crippen molar-refractivity contribution in [2.24, 2.45) is 0 Å². The van der Waals surface area contributed by atoms with Crippen LogP contribution in [0.2, 0.25) is 5.02 Å². The molecule has 0 saturated carbocycles. The van der Waals surface area contributed by atoms with Crippen LogP contribution in [-0.2, 0) is 17.7 Å². The second-order valence-electron chi connectivity index (χ2n) is 8.61. The third-order valence-corrected chi connectivity index (χ3v) is 6.95. The predicted octanol–water partition coefficient (Wildman–Crippen LogP) is 4.30. The van der Waals surface area contributed by atoms with Crippen LogP contribution in [0, 0.1) is 0 Å². The second-order valence-corrected chi connectivity index (χ2v) is 8.99. The molecule has 180 valence electrons. The van der Waals surface area contributed by atoms with Crippen molar-refractivity contribution in [3.63, 3.8) is 0 Å². The Hall–Kier alpha value is -2.85. The molecule has 1 aromatic carbocycles. The van der Waals surface area contributed by atoms with Gasteiger partial charge in [0.2, 0.25) is 0 Å². The van der Waals surface area contributed by atoms with Crippen molar-refractivity contribution in [3.05, 3.63) is 68.4 Å².